The second-order valence-corrected chi connectivity index (χ2v) is 4.47. The summed E-state index contributed by atoms with van der Waals surface area (Å²) in [5, 5.41) is 0. The summed E-state index contributed by atoms with van der Waals surface area (Å²) >= 11 is 0. The van der Waals surface area contributed by atoms with E-state index in [-0.39, 0.29) is 5.75 Å². The summed E-state index contributed by atoms with van der Waals surface area (Å²) in [6, 6.07) is 6.67. The summed E-state index contributed by atoms with van der Waals surface area (Å²) in [7, 11) is -4.43. The Bertz CT molecular complexity index is 338. The Morgan fingerprint density at radius 3 is 2.07 bits per heavy atom. The van der Waals surface area contributed by atoms with Crippen molar-refractivity contribution >= 4 is 7.82 Å². The molecule has 0 aliphatic carbocycles. The molecule has 0 fully saturated rings. The van der Waals surface area contributed by atoms with Crippen molar-refractivity contribution in [2.75, 3.05) is 0 Å². The first-order valence-electron chi connectivity index (χ1n) is 4.23. The van der Waals surface area contributed by atoms with Crippen molar-refractivity contribution in [2.24, 2.45) is 0 Å². The number of rotatable bonds is 3. The summed E-state index contributed by atoms with van der Waals surface area (Å²) in [5.74, 6) is 0.571. The van der Waals surface area contributed by atoms with Crippen LogP contribution in [0.25, 0.3) is 0 Å². The molecule has 4 nitrogen and oxygen atoms in total. The minimum atomic E-state index is -4.43. The Morgan fingerprint density at radius 2 is 1.71 bits per heavy atom. The van der Waals surface area contributed by atoms with Crippen LogP contribution in [-0.4, -0.2) is 9.79 Å². The van der Waals surface area contributed by atoms with Crippen molar-refractivity contribution in [1.29, 1.82) is 0 Å². The molecule has 1 aromatic carbocycles. The van der Waals surface area contributed by atoms with Crippen molar-refractivity contribution in [3.8, 4) is 5.75 Å². The summed E-state index contributed by atoms with van der Waals surface area (Å²) < 4.78 is 14.9. The third-order valence-corrected chi connectivity index (χ3v) is 2.22. The maximum Gasteiger partial charge on any atom is 0.524 e. The molecule has 0 spiro atoms. The van der Waals surface area contributed by atoms with Crippen LogP contribution in [-0.2, 0) is 4.57 Å². The van der Waals surface area contributed by atoms with Crippen LogP contribution >= 0.6 is 7.82 Å². The first kappa shape index (κ1) is 11.2. The van der Waals surface area contributed by atoms with Crippen LogP contribution in [0.15, 0.2) is 24.3 Å². The molecule has 0 radical (unpaired) electrons. The second kappa shape index (κ2) is 4.13. The molecule has 14 heavy (non-hydrogen) atoms. The van der Waals surface area contributed by atoms with Crippen molar-refractivity contribution in [2.45, 2.75) is 19.8 Å². The zero-order valence-electron chi connectivity index (χ0n) is 8.04. The van der Waals surface area contributed by atoms with Crippen molar-refractivity contribution in [1.82, 2.24) is 0 Å². The van der Waals surface area contributed by atoms with Gasteiger partial charge in [-0.2, -0.15) is 0 Å². The molecule has 0 aliphatic heterocycles. The Kier molecular flexibility index (Phi) is 3.32. The van der Waals surface area contributed by atoms with E-state index in [0.29, 0.717) is 5.92 Å². The lowest BCUT2D eigenvalue weighted by molar-refractivity contribution is 0.283. The molecule has 0 aromatic heterocycles. The SMILES string of the molecule is CC(C)c1ccc(OP(=O)(O)O)cc1. The highest BCUT2D eigenvalue weighted by atomic mass is 31.2. The molecule has 0 heterocycles. The lowest BCUT2D eigenvalue weighted by Crippen LogP contribution is -1.91. The predicted octanol–water partition coefficient (Wildman–Crippen LogP) is 2.28. The molecule has 2 N–H and O–H groups in total. The molecule has 0 atom stereocenters. The number of hydrogen-bond acceptors (Lipinski definition) is 2. The van der Waals surface area contributed by atoms with Gasteiger partial charge < -0.3 is 4.52 Å². The van der Waals surface area contributed by atoms with E-state index in [4.69, 9.17) is 9.79 Å². The molecule has 78 valence electrons. The molecule has 0 aliphatic rings. The summed E-state index contributed by atoms with van der Waals surface area (Å²) in [6.07, 6.45) is 0. The summed E-state index contributed by atoms with van der Waals surface area (Å²) in [5.41, 5.74) is 1.10. The molecular formula is C9H13O4P. The third-order valence-electron chi connectivity index (χ3n) is 1.77. The lowest BCUT2D eigenvalue weighted by atomic mass is 10.0. The normalized spacial score (nSPS) is 11.8. The van der Waals surface area contributed by atoms with Crippen molar-refractivity contribution in [3.63, 3.8) is 0 Å². The van der Waals surface area contributed by atoms with Crippen LogP contribution in [0.4, 0.5) is 0 Å². The fourth-order valence-electron chi connectivity index (χ4n) is 1.05. The van der Waals surface area contributed by atoms with Crippen molar-refractivity contribution in [3.05, 3.63) is 29.8 Å². The fourth-order valence-corrected chi connectivity index (χ4v) is 1.45. The van der Waals surface area contributed by atoms with Gasteiger partial charge in [0.05, 0.1) is 0 Å². The Morgan fingerprint density at radius 1 is 1.21 bits per heavy atom. The van der Waals surface area contributed by atoms with E-state index in [9.17, 15) is 4.57 Å². The molecule has 5 heteroatoms. The van der Waals surface area contributed by atoms with Gasteiger partial charge in [-0.3, -0.25) is 9.79 Å². The van der Waals surface area contributed by atoms with Gasteiger partial charge in [0.25, 0.3) is 0 Å². The average molecular weight is 216 g/mol. The van der Waals surface area contributed by atoms with E-state index in [1.165, 1.54) is 0 Å². The molecule has 0 bridgehead atoms. The van der Waals surface area contributed by atoms with E-state index < -0.39 is 7.82 Å². The Hall–Kier alpha value is -0.830. The maximum absolute atomic E-state index is 10.5. The van der Waals surface area contributed by atoms with Crippen LogP contribution in [0.3, 0.4) is 0 Å². The molecule has 1 aromatic rings. The smallest absolute Gasteiger partial charge is 0.404 e. The van der Waals surface area contributed by atoms with Gasteiger partial charge in [0.2, 0.25) is 0 Å². The standard InChI is InChI=1S/C9H13O4P/c1-7(2)8-3-5-9(6-4-8)13-14(10,11)12/h3-7H,1-2H3,(H2,10,11,12). The number of benzene rings is 1. The van der Waals surface area contributed by atoms with Gasteiger partial charge in [-0.15, -0.1) is 0 Å². The average Bonchev–Trinajstić information content (AvgIpc) is 2.02. The molecule has 0 saturated heterocycles. The zero-order chi connectivity index (χ0) is 10.8. The largest absolute Gasteiger partial charge is 0.524 e. The van der Waals surface area contributed by atoms with Crippen LogP contribution in [0.5, 0.6) is 5.75 Å². The lowest BCUT2D eigenvalue weighted by Gasteiger charge is -2.08. The molecule has 0 unspecified atom stereocenters. The van der Waals surface area contributed by atoms with E-state index in [1.807, 2.05) is 13.8 Å². The summed E-state index contributed by atoms with van der Waals surface area (Å²) in [4.78, 5) is 17.1. The van der Waals surface area contributed by atoms with Crippen molar-refractivity contribution < 1.29 is 18.9 Å². The Labute approximate surface area is 82.8 Å². The fraction of sp³-hybridized carbons (Fsp3) is 0.333. The quantitative estimate of drug-likeness (QED) is 0.760. The highest BCUT2D eigenvalue weighted by molar-refractivity contribution is 7.46. The van der Waals surface area contributed by atoms with Crippen LogP contribution < -0.4 is 4.52 Å². The predicted molar refractivity (Wildman–Crippen MR) is 53.2 cm³/mol. The monoisotopic (exact) mass is 216 g/mol. The number of phosphoric ester groups is 1. The van der Waals surface area contributed by atoms with Crippen LogP contribution in [0.1, 0.15) is 25.3 Å². The number of phosphoric acid groups is 1. The van der Waals surface area contributed by atoms with Gasteiger partial charge in [-0.1, -0.05) is 26.0 Å². The second-order valence-electron chi connectivity index (χ2n) is 3.31. The minimum Gasteiger partial charge on any atom is -0.404 e. The zero-order valence-corrected chi connectivity index (χ0v) is 8.94. The van der Waals surface area contributed by atoms with E-state index in [0.717, 1.165) is 5.56 Å². The first-order valence-corrected chi connectivity index (χ1v) is 5.76. The van der Waals surface area contributed by atoms with Gasteiger partial charge in [-0.25, -0.2) is 4.57 Å². The van der Waals surface area contributed by atoms with Gasteiger partial charge in [0.1, 0.15) is 5.75 Å². The van der Waals surface area contributed by atoms with E-state index in [1.54, 1.807) is 24.3 Å². The molecule has 0 saturated carbocycles. The van der Waals surface area contributed by atoms with Crippen LogP contribution in [0, 0.1) is 0 Å². The summed E-state index contributed by atoms with van der Waals surface area (Å²) in [6.45, 7) is 4.08. The van der Waals surface area contributed by atoms with Gasteiger partial charge >= 0.3 is 7.82 Å². The first-order chi connectivity index (χ1) is 6.38. The van der Waals surface area contributed by atoms with Crippen LogP contribution in [0.2, 0.25) is 0 Å². The van der Waals surface area contributed by atoms with Gasteiger partial charge in [0, 0.05) is 0 Å². The van der Waals surface area contributed by atoms with E-state index >= 15 is 0 Å². The molecule has 1 rings (SSSR count). The Balaban J connectivity index is 2.79. The minimum absolute atomic E-state index is 0.183. The van der Waals surface area contributed by atoms with E-state index in [2.05, 4.69) is 4.52 Å². The topological polar surface area (TPSA) is 66.8 Å². The maximum atomic E-state index is 10.5. The van der Waals surface area contributed by atoms with Gasteiger partial charge in [-0.05, 0) is 23.6 Å². The molecule has 0 amide bonds. The molecular weight excluding hydrogens is 203 g/mol. The van der Waals surface area contributed by atoms with Gasteiger partial charge in [0.15, 0.2) is 0 Å². The third kappa shape index (κ3) is 3.50. The number of hydrogen-bond donors (Lipinski definition) is 2. The highest BCUT2D eigenvalue weighted by Gasteiger charge is 2.15. The highest BCUT2D eigenvalue weighted by Crippen LogP contribution is 2.37.